The van der Waals surface area contributed by atoms with E-state index in [1.807, 2.05) is 0 Å². The number of carbonyl (C=O) groups is 1. The molecule has 1 saturated heterocycles. The first-order valence-corrected chi connectivity index (χ1v) is 9.36. The third-order valence-electron chi connectivity index (χ3n) is 3.62. The van der Waals surface area contributed by atoms with Crippen LogP contribution in [0.15, 0.2) is 28.8 Å². The minimum atomic E-state index is -3.34. The van der Waals surface area contributed by atoms with E-state index in [4.69, 9.17) is 16.1 Å². The van der Waals surface area contributed by atoms with Gasteiger partial charge in [0.1, 0.15) is 5.76 Å². The predicted octanol–water partition coefficient (Wildman–Crippen LogP) is 2.36. The summed E-state index contributed by atoms with van der Waals surface area (Å²) in [6.45, 7) is 2.13. The number of hydrogen-bond donors (Lipinski definition) is 1. The summed E-state index contributed by atoms with van der Waals surface area (Å²) in [5, 5.41) is 6.81. The van der Waals surface area contributed by atoms with E-state index in [0.29, 0.717) is 40.8 Å². The highest BCUT2D eigenvalue weighted by molar-refractivity contribution is 7.93. The van der Waals surface area contributed by atoms with Gasteiger partial charge in [-0.05, 0) is 31.5 Å². The summed E-state index contributed by atoms with van der Waals surface area (Å²) in [6.07, 6.45) is 0.623. The maximum absolute atomic E-state index is 12.1. The first-order chi connectivity index (χ1) is 11.3. The lowest BCUT2D eigenvalue weighted by atomic mass is 10.2. The summed E-state index contributed by atoms with van der Waals surface area (Å²) in [7, 11) is -3.34. The second-order valence-corrected chi connectivity index (χ2v) is 7.98. The Labute approximate surface area is 144 Å². The molecule has 0 atom stereocenters. The zero-order chi connectivity index (χ0) is 17.3. The molecule has 1 amide bonds. The van der Waals surface area contributed by atoms with Crippen molar-refractivity contribution >= 4 is 38.9 Å². The second kappa shape index (κ2) is 6.45. The van der Waals surface area contributed by atoms with Crippen LogP contribution in [0.4, 0.5) is 11.4 Å². The lowest BCUT2D eigenvalue weighted by molar-refractivity contribution is -0.115. The molecule has 1 aromatic heterocycles. The van der Waals surface area contributed by atoms with Gasteiger partial charge in [0.05, 0.1) is 28.6 Å². The zero-order valence-corrected chi connectivity index (χ0v) is 14.5. The Kier molecular flexibility index (Phi) is 4.51. The molecule has 1 aliphatic heterocycles. The maximum Gasteiger partial charge on any atom is 0.235 e. The molecule has 0 saturated carbocycles. The monoisotopic (exact) mass is 369 g/mol. The highest BCUT2D eigenvalue weighted by Gasteiger charge is 2.30. The van der Waals surface area contributed by atoms with Gasteiger partial charge >= 0.3 is 0 Å². The topological polar surface area (TPSA) is 92.5 Å². The van der Waals surface area contributed by atoms with Crippen LogP contribution in [0.5, 0.6) is 0 Å². The van der Waals surface area contributed by atoms with Crippen LogP contribution in [0.25, 0.3) is 0 Å². The number of anilines is 2. The molecule has 1 aliphatic rings. The highest BCUT2D eigenvalue weighted by atomic mass is 35.5. The Balaban J connectivity index is 1.77. The van der Waals surface area contributed by atoms with E-state index in [1.54, 1.807) is 31.2 Å². The quantitative estimate of drug-likeness (QED) is 0.893. The molecule has 2 aromatic rings. The molecule has 0 unspecified atom stereocenters. The van der Waals surface area contributed by atoms with Crippen molar-refractivity contribution < 1.29 is 17.7 Å². The molecule has 0 aliphatic carbocycles. The summed E-state index contributed by atoms with van der Waals surface area (Å²) in [6, 6.07) is 6.45. The fourth-order valence-corrected chi connectivity index (χ4v) is 4.40. The largest absolute Gasteiger partial charge is 0.361 e. The van der Waals surface area contributed by atoms with Gasteiger partial charge in [-0.1, -0.05) is 16.8 Å². The van der Waals surface area contributed by atoms with Crippen LogP contribution in [0.3, 0.4) is 0 Å². The molecule has 1 N–H and O–H groups in total. The Morgan fingerprint density at radius 2 is 2.21 bits per heavy atom. The molecule has 0 spiro atoms. The fourth-order valence-electron chi connectivity index (χ4n) is 2.56. The molecule has 0 radical (unpaired) electrons. The number of aromatic nitrogens is 1. The van der Waals surface area contributed by atoms with Gasteiger partial charge in [-0.3, -0.25) is 9.10 Å². The molecular weight excluding hydrogens is 354 g/mol. The SMILES string of the molecule is Cc1cc(CC(=O)Nc2ccc(Cl)c(N3CCCS3(=O)=O)c2)no1. The van der Waals surface area contributed by atoms with Crippen LogP contribution < -0.4 is 9.62 Å². The Hall–Kier alpha value is -2.06. The fraction of sp³-hybridized carbons (Fsp3) is 0.333. The third-order valence-corrected chi connectivity index (χ3v) is 5.79. The van der Waals surface area contributed by atoms with Crippen molar-refractivity contribution in [2.24, 2.45) is 0 Å². The summed E-state index contributed by atoms with van der Waals surface area (Å²) in [4.78, 5) is 12.1. The Morgan fingerprint density at radius 1 is 1.42 bits per heavy atom. The van der Waals surface area contributed by atoms with E-state index < -0.39 is 10.0 Å². The number of hydrogen-bond acceptors (Lipinski definition) is 5. The number of benzene rings is 1. The smallest absolute Gasteiger partial charge is 0.235 e. The van der Waals surface area contributed by atoms with Crippen LogP contribution in [-0.4, -0.2) is 31.8 Å². The lowest BCUT2D eigenvalue weighted by Crippen LogP contribution is -2.25. The number of halogens is 1. The zero-order valence-electron chi connectivity index (χ0n) is 13.0. The van der Waals surface area contributed by atoms with Crippen LogP contribution in [0, 0.1) is 6.92 Å². The van der Waals surface area contributed by atoms with Gasteiger partial charge in [-0.25, -0.2) is 8.42 Å². The van der Waals surface area contributed by atoms with Gasteiger partial charge in [-0.2, -0.15) is 0 Å². The summed E-state index contributed by atoms with van der Waals surface area (Å²) >= 11 is 6.13. The summed E-state index contributed by atoms with van der Waals surface area (Å²) in [5.41, 5.74) is 1.38. The van der Waals surface area contributed by atoms with Crippen LogP contribution >= 0.6 is 11.6 Å². The molecule has 2 heterocycles. The number of nitrogens with zero attached hydrogens (tertiary/aromatic N) is 2. The van der Waals surface area contributed by atoms with Crippen molar-refractivity contribution in [1.82, 2.24) is 5.16 Å². The minimum absolute atomic E-state index is 0.0668. The molecule has 24 heavy (non-hydrogen) atoms. The van der Waals surface area contributed by atoms with E-state index in [-0.39, 0.29) is 18.1 Å². The van der Waals surface area contributed by atoms with Crippen molar-refractivity contribution in [3.05, 3.63) is 40.7 Å². The van der Waals surface area contributed by atoms with Gasteiger partial charge in [0, 0.05) is 18.3 Å². The van der Waals surface area contributed by atoms with Crippen molar-refractivity contribution in [3.8, 4) is 0 Å². The van der Waals surface area contributed by atoms with Crippen LogP contribution in [-0.2, 0) is 21.2 Å². The second-order valence-electron chi connectivity index (χ2n) is 5.56. The van der Waals surface area contributed by atoms with E-state index >= 15 is 0 Å². The highest BCUT2D eigenvalue weighted by Crippen LogP contribution is 2.33. The first-order valence-electron chi connectivity index (χ1n) is 7.37. The van der Waals surface area contributed by atoms with E-state index in [2.05, 4.69) is 10.5 Å². The molecule has 1 fully saturated rings. The number of nitrogens with one attached hydrogen (secondary N) is 1. The van der Waals surface area contributed by atoms with E-state index in [0.717, 1.165) is 0 Å². The minimum Gasteiger partial charge on any atom is -0.361 e. The predicted molar refractivity (Wildman–Crippen MR) is 90.8 cm³/mol. The van der Waals surface area contributed by atoms with Crippen molar-refractivity contribution in [1.29, 1.82) is 0 Å². The Morgan fingerprint density at radius 3 is 2.83 bits per heavy atom. The summed E-state index contributed by atoms with van der Waals surface area (Å²) in [5.74, 6) is 0.456. The van der Waals surface area contributed by atoms with Crippen molar-refractivity contribution in [2.75, 3.05) is 21.9 Å². The van der Waals surface area contributed by atoms with Gasteiger partial charge in [0.2, 0.25) is 15.9 Å². The number of sulfonamides is 1. The molecule has 3 rings (SSSR count). The van der Waals surface area contributed by atoms with Gasteiger partial charge in [-0.15, -0.1) is 0 Å². The summed E-state index contributed by atoms with van der Waals surface area (Å²) < 4.78 is 30.3. The normalized spacial score (nSPS) is 16.3. The number of rotatable bonds is 4. The standard InChI is InChI=1S/C15H16ClN3O4S/c1-10-7-12(18-23-10)9-15(20)17-11-3-4-13(16)14(8-11)19-5-2-6-24(19,21)22/h3-4,7-8H,2,5-6,9H2,1H3,(H,17,20). The van der Waals surface area contributed by atoms with Crippen molar-refractivity contribution in [3.63, 3.8) is 0 Å². The van der Waals surface area contributed by atoms with Gasteiger partial charge in [0.25, 0.3) is 0 Å². The molecule has 7 nitrogen and oxygen atoms in total. The Bertz CT molecular complexity index is 879. The molecule has 128 valence electrons. The first kappa shape index (κ1) is 16.8. The molecule has 0 bridgehead atoms. The van der Waals surface area contributed by atoms with E-state index in [9.17, 15) is 13.2 Å². The average Bonchev–Trinajstić information content (AvgIpc) is 3.06. The van der Waals surface area contributed by atoms with Crippen molar-refractivity contribution in [2.45, 2.75) is 19.8 Å². The van der Waals surface area contributed by atoms with E-state index in [1.165, 1.54) is 4.31 Å². The molecule has 9 heteroatoms. The van der Waals surface area contributed by atoms with Gasteiger partial charge < -0.3 is 9.84 Å². The van der Waals surface area contributed by atoms with Crippen LogP contribution in [0.2, 0.25) is 5.02 Å². The molecular formula is C15H16ClN3O4S. The number of amides is 1. The van der Waals surface area contributed by atoms with Gasteiger partial charge in [0.15, 0.2) is 0 Å². The lowest BCUT2D eigenvalue weighted by Gasteiger charge is -2.19. The third kappa shape index (κ3) is 3.54. The number of carbonyl (C=O) groups excluding carboxylic acids is 1. The van der Waals surface area contributed by atoms with Crippen LogP contribution in [0.1, 0.15) is 17.9 Å². The average molecular weight is 370 g/mol. The molecule has 1 aromatic carbocycles. The maximum atomic E-state index is 12.1. The number of aryl methyl sites for hydroxylation is 1.